The highest BCUT2D eigenvalue weighted by molar-refractivity contribution is 5.79. The third kappa shape index (κ3) is 3.65. The van der Waals surface area contributed by atoms with Crippen molar-refractivity contribution in [1.82, 2.24) is 9.80 Å². The molecule has 0 aromatic rings. The largest absolute Gasteiger partial charge is 0.444 e. The van der Waals surface area contributed by atoms with E-state index in [2.05, 4.69) is 0 Å². The maximum atomic E-state index is 12.0. The summed E-state index contributed by atoms with van der Waals surface area (Å²) >= 11 is 0. The minimum Gasteiger partial charge on any atom is -0.444 e. The fourth-order valence-electron chi connectivity index (χ4n) is 2.80. The predicted octanol–water partition coefficient (Wildman–Crippen LogP) is -0.193. The van der Waals surface area contributed by atoms with E-state index in [1.165, 1.54) is 4.90 Å². The number of hydrogen-bond acceptors (Lipinski definition) is 5. The zero-order valence-electron chi connectivity index (χ0n) is 12.8. The van der Waals surface area contributed by atoms with Crippen LogP contribution in [0.4, 0.5) is 4.79 Å². The van der Waals surface area contributed by atoms with Crippen molar-refractivity contribution in [3.63, 3.8) is 0 Å². The molecule has 2 aliphatic heterocycles. The number of aliphatic hydroxyl groups excluding tert-OH is 2. The smallest absolute Gasteiger partial charge is 0.410 e. The van der Waals surface area contributed by atoms with E-state index in [4.69, 9.17) is 9.84 Å². The zero-order valence-corrected chi connectivity index (χ0v) is 12.8. The molecule has 2 saturated heterocycles. The van der Waals surface area contributed by atoms with Crippen molar-refractivity contribution in [2.75, 3.05) is 26.2 Å². The average molecular weight is 300 g/mol. The van der Waals surface area contributed by atoms with Crippen LogP contribution in [0.1, 0.15) is 27.2 Å². The van der Waals surface area contributed by atoms with Gasteiger partial charge in [0.05, 0.1) is 18.7 Å². The fraction of sp³-hybridized carbons (Fsp3) is 0.857. The Morgan fingerprint density at radius 2 is 2.00 bits per heavy atom. The Kier molecular flexibility index (Phi) is 4.43. The van der Waals surface area contributed by atoms with Crippen molar-refractivity contribution in [2.24, 2.45) is 5.92 Å². The van der Waals surface area contributed by atoms with Crippen LogP contribution >= 0.6 is 0 Å². The molecule has 120 valence electrons. The second kappa shape index (κ2) is 5.81. The van der Waals surface area contributed by atoms with Gasteiger partial charge in [0.15, 0.2) is 0 Å². The van der Waals surface area contributed by atoms with E-state index in [-0.39, 0.29) is 31.5 Å². The Morgan fingerprint density at radius 3 is 2.52 bits per heavy atom. The summed E-state index contributed by atoms with van der Waals surface area (Å²) in [4.78, 5) is 27.0. The predicted molar refractivity (Wildman–Crippen MR) is 74.5 cm³/mol. The van der Waals surface area contributed by atoms with Gasteiger partial charge >= 0.3 is 6.09 Å². The molecule has 0 radical (unpaired) electrons. The van der Waals surface area contributed by atoms with Crippen LogP contribution < -0.4 is 0 Å². The molecule has 2 aliphatic rings. The van der Waals surface area contributed by atoms with Crippen molar-refractivity contribution in [3.05, 3.63) is 0 Å². The van der Waals surface area contributed by atoms with Gasteiger partial charge in [0.1, 0.15) is 5.60 Å². The lowest BCUT2D eigenvalue weighted by molar-refractivity contribution is -0.131. The Balaban J connectivity index is 1.98. The van der Waals surface area contributed by atoms with Gasteiger partial charge in [-0.25, -0.2) is 4.79 Å². The zero-order chi connectivity index (χ0) is 15.8. The third-order valence-corrected chi connectivity index (χ3v) is 3.81. The summed E-state index contributed by atoms with van der Waals surface area (Å²) in [5.74, 6) is -0.163. The lowest BCUT2D eigenvalue weighted by Gasteiger charge is -2.27. The Bertz CT molecular complexity index is 420. The van der Waals surface area contributed by atoms with Gasteiger partial charge in [-0.05, 0) is 20.8 Å². The molecule has 0 bridgehead atoms. The van der Waals surface area contributed by atoms with Crippen molar-refractivity contribution < 1.29 is 24.5 Å². The SMILES string of the molecule is CC(C)(C)OC(=O)N1CC(O)C(N2CC(CO)CC2=O)C1. The van der Waals surface area contributed by atoms with Gasteiger partial charge in [0, 0.05) is 32.0 Å². The van der Waals surface area contributed by atoms with Crippen molar-refractivity contribution >= 4 is 12.0 Å². The topological polar surface area (TPSA) is 90.3 Å². The van der Waals surface area contributed by atoms with Crippen LogP contribution in [-0.4, -0.2) is 76.0 Å². The average Bonchev–Trinajstić information content (AvgIpc) is 2.90. The Hall–Kier alpha value is -1.34. The highest BCUT2D eigenvalue weighted by atomic mass is 16.6. The van der Waals surface area contributed by atoms with Crippen LogP contribution in [0, 0.1) is 5.92 Å². The van der Waals surface area contributed by atoms with Gasteiger partial charge < -0.3 is 24.7 Å². The second-order valence-electron chi connectivity index (χ2n) is 6.82. The van der Waals surface area contributed by atoms with Crippen LogP contribution in [0.3, 0.4) is 0 Å². The maximum absolute atomic E-state index is 12.0. The van der Waals surface area contributed by atoms with Crippen LogP contribution in [0.2, 0.25) is 0 Å². The number of rotatable bonds is 2. The van der Waals surface area contributed by atoms with Crippen molar-refractivity contribution in [1.29, 1.82) is 0 Å². The summed E-state index contributed by atoms with van der Waals surface area (Å²) in [6.07, 6.45) is -0.958. The van der Waals surface area contributed by atoms with E-state index >= 15 is 0 Å². The van der Waals surface area contributed by atoms with Crippen molar-refractivity contribution in [3.8, 4) is 0 Å². The fourth-order valence-corrected chi connectivity index (χ4v) is 2.80. The van der Waals surface area contributed by atoms with Gasteiger partial charge in [-0.2, -0.15) is 0 Å². The number of likely N-dealkylation sites (tertiary alicyclic amines) is 2. The molecule has 2 amide bonds. The van der Waals surface area contributed by atoms with E-state index in [1.54, 1.807) is 25.7 Å². The van der Waals surface area contributed by atoms with E-state index in [1.807, 2.05) is 0 Å². The first-order valence-electron chi connectivity index (χ1n) is 7.27. The summed E-state index contributed by atoms with van der Waals surface area (Å²) < 4.78 is 5.28. The van der Waals surface area contributed by atoms with Gasteiger partial charge in [-0.1, -0.05) is 0 Å². The summed E-state index contributed by atoms with van der Waals surface area (Å²) in [6, 6.07) is -0.415. The minimum absolute atomic E-state index is 0.0408. The molecular formula is C14H24N2O5. The molecule has 0 spiro atoms. The van der Waals surface area contributed by atoms with E-state index < -0.39 is 23.8 Å². The van der Waals surface area contributed by atoms with Gasteiger partial charge in [-0.15, -0.1) is 0 Å². The van der Waals surface area contributed by atoms with E-state index in [0.717, 1.165) is 0 Å². The lowest BCUT2D eigenvalue weighted by atomic mass is 10.1. The molecule has 7 nitrogen and oxygen atoms in total. The number of nitrogens with zero attached hydrogens (tertiary/aromatic N) is 2. The highest BCUT2D eigenvalue weighted by Gasteiger charge is 2.44. The number of ether oxygens (including phenoxy) is 1. The van der Waals surface area contributed by atoms with E-state index in [0.29, 0.717) is 13.0 Å². The molecule has 0 aromatic carbocycles. The Labute approximate surface area is 124 Å². The van der Waals surface area contributed by atoms with Gasteiger partial charge in [0.25, 0.3) is 0 Å². The summed E-state index contributed by atoms with van der Waals surface area (Å²) in [6.45, 7) is 6.16. The number of amides is 2. The second-order valence-corrected chi connectivity index (χ2v) is 6.82. The molecule has 0 aromatic heterocycles. The molecule has 2 rings (SSSR count). The van der Waals surface area contributed by atoms with Crippen molar-refractivity contribution in [2.45, 2.75) is 44.9 Å². The van der Waals surface area contributed by atoms with Crippen LogP contribution in [-0.2, 0) is 9.53 Å². The van der Waals surface area contributed by atoms with Crippen LogP contribution in [0.15, 0.2) is 0 Å². The first-order chi connectivity index (χ1) is 9.71. The normalized spacial score (nSPS) is 30.1. The third-order valence-electron chi connectivity index (χ3n) is 3.81. The number of hydrogen-bond donors (Lipinski definition) is 2. The number of β-amino-alcohol motifs (C(OH)–C–C–N with tert-alkyl or cyclic N) is 1. The first kappa shape index (κ1) is 16.0. The molecule has 2 N–H and O–H groups in total. The summed E-state index contributed by atoms with van der Waals surface area (Å²) in [5.41, 5.74) is -0.592. The molecule has 21 heavy (non-hydrogen) atoms. The summed E-state index contributed by atoms with van der Waals surface area (Å²) in [7, 11) is 0. The van der Waals surface area contributed by atoms with Crippen LogP contribution in [0.5, 0.6) is 0 Å². The monoisotopic (exact) mass is 300 g/mol. The lowest BCUT2D eigenvalue weighted by Crippen LogP contribution is -2.44. The number of carbonyl (C=O) groups is 2. The Morgan fingerprint density at radius 1 is 1.33 bits per heavy atom. The first-order valence-corrected chi connectivity index (χ1v) is 7.27. The minimum atomic E-state index is -0.779. The summed E-state index contributed by atoms with van der Waals surface area (Å²) in [5, 5.41) is 19.3. The number of carbonyl (C=O) groups excluding carboxylic acids is 2. The quantitative estimate of drug-likeness (QED) is 0.737. The van der Waals surface area contributed by atoms with E-state index in [9.17, 15) is 14.7 Å². The van der Waals surface area contributed by atoms with Crippen LogP contribution in [0.25, 0.3) is 0 Å². The maximum Gasteiger partial charge on any atom is 0.410 e. The molecule has 2 heterocycles. The van der Waals surface area contributed by atoms with Gasteiger partial charge in [-0.3, -0.25) is 4.79 Å². The number of aliphatic hydroxyl groups is 2. The molecule has 0 saturated carbocycles. The standard InChI is InChI=1S/C14H24N2O5/c1-14(2,3)21-13(20)15-6-10(11(18)7-15)16-5-9(8-17)4-12(16)19/h9-11,17-18H,4-8H2,1-3H3. The van der Waals surface area contributed by atoms with Gasteiger partial charge in [0.2, 0.25) is 5.91 Å². The molecule has 7 heteroatoms. The molecule has 0 aliphatic carbocycles. The molecule has 3 atom stereocenters. The molecule has 3 unspecified atom stereocenters. The molecule has 2 fully saturated rings. The molecular weight excluding hydrogens is 276 g/mol. The highest BCUT2D eigenvalue weighted by Crippen LogP contribution is 2.26.